The molecule has 0 N–H and O–H groups in total. The van der Waals surface area contributed by atoms with Crippen LogP contribution in [0.25, 0.3) is 0 Å². The molecular formula is C15H17ClN2O. The first-order chi connectivity index (χ1) is 9.06. The number of rotatable bonds is 4. The van der Waals surface area contributed by atoms with E-state index in [1.807, 2.05) is 6.07 Å². The molecule has 1 aromatic heterocycles. The van der Waals surface area contributed by atoms with Crippen molar-refractivity contribution < 1.29 is 4.74 Å². The van der Waals surface area contributed by atoms with Crippen LogP contribution < -0.4 is 4.74 Å². The first-order valence-corrected chi connectivity index (χ1v) is 6.65. The molecule has 0 aliphatic rings. The van der Waals surface area contributed by atoms with Gasteiger partial charge in [-0.3, -0.25) is 0 Å². The predicted octanol–water partition coefficient (Wildman–Crippen LogP) is 4.14. The highest BCUT2D eigenvalue weighted by Crippen LogP contribution is 2.28. The van der Waals surface area contributed by atoms with Gasteiger partial charge < -0.3 is 4.74 Å². The number of aromatic nitrogens is 2. The summed E-state index contributed by atoms with van der Waals surface area (Å²) < 4.78 is 5.86. The van der Waals surface area contributed by atoms with Gasteiger partial charge >= 0.3 is 0 Å². The van der Waals surface area contributed by atoms with Gasteiger partial charge in [0.15, 0.2) is 5.15 Å². The maximum Gasteiger partial charge on any atom is 0.151 e. The summed E-state index contributed by atoms with van der Waals surface area (Å²) in [5.41, 5.74) is 3.15. The molecule has 0 saturated carbocycles. The van der Waals surface area contributed by atoms with Crippen LogP contribution in [0.4, 0.5) is 0 Å². The number of benzene rings is 1. The van der Waals surface area contributed by atoms with Crippen molar-refractivity contribution in [1.82, 2.24) is 10.2 Å². The van der Waals surface area contributed by atoms with Crippen LogP contribution in [-0.2, 0) is 6.61 Å². The van der Waals surface area contributed by atoms with Crippen molar-refractivity contribution in [2.45, 2.75) is 33.3 Å². The van der Waals surface area contributed by atoms with E-state index in [0.29, 0.717) is 17.7 Å². The minimum Gasteiger partial charge on any atom is -0.487 e. The molecule has 0 fully saturated rings. The van der Waals surface area contributed by atoms with Gasteiger partial charge in [-0.15, -0.1) is 5.10 Å². The Bertz CT molecular complexity index is 553. The number of halogens is 1. The van der Waals surface area contributed by atoms with E-state index in [1.165, 1.54) is 11.1 Å². The van der Waals surface area contributed by atoms with Crippen molar-refractivity contribution in [3.8, 4) is 5.75 Å². The van der Waals surface area contributed by atoms with Crippen molar-refractivity contribution in [2.24, 2.45) is 0 Å². The molecule has 0 radical (unpaired) electrons. The van der Waals surface area contributed by atoms with Crippen LogP contribution in [0.15, 0.2) is 30.3 Å². The van der Waals surface area contributed by atoms with Gasteiger partial charge in [-0.05, 0) is 42.2 Å². The van der Waals surface area contributed by atoms with Crippen molar-refractivity contribution in [1.29, 1.82) is 0 Å². The van der Waals surface area contributed by atoms with E-state index in [4.69, 9.17) is 16.3 Å². The third kappa shape index (κ3) is 3.67. The number of nitrogens with zero attached hydrogens (tertiary/aromatic N) is 2. The molecule has 3 nitrogen and oxygen atoms in total. The van der Waals surface area contributed by atoms with Crippen LogP contribution >= 0.6 is 11.6 Å². The van der Waals surface area contributed by atoms with Gasteiger partial charge in [-0.1, -0.05) is 37.6 Å². The lowest BCUT2D eigenvalue weighted by atomic mass is 10.0. The topological polar surface area (TPSA) is 35.0 Å². The Balaban J connectivity index is 2.14. The van der Waals surface area contributed by atoms with Crippen molar-refractivity contribution in [3.05, 3.63) is 52.3 Å². The van der Waals surface area contributed by atoms with Gasteiger partial charge in [0.25, 0.3) is 0 Å². The molecule has 4 heteroatoms. The second kappa shape index (κ2) is 6.02. The molecule has 100 valence electrons. The van der Waals surface area contributed by atoms with Gasteiger partial charge in [-0.25, -0.2) is 0 Å². The smallest absolute Gasteiger partial charge is 0.151 e. The molecule has 19 heavy (non-hydrogen) atoms. The average Bonchev–Trinajstić information content (AvgIpc) is 2.38. The monoisotopic (exact) mass is 276 g/mol. The Morgan fingerprint density at radius 2 is 1.95 bits per heavy atom. The van der Waals surface area contributed by atoms with Gasteiger partial charge in [0.1, 0.15) is 18.1 Å². The summed E-state index contributed by atoms with van der Waals surface area (Å²) in [5.74, 6) is 1.33. The minimum atomic E-state index is 0.391. The predicted molar refractivity (Wildman–Crippen MR) is 76.6 cm³/mol. The molecular weight excluding hydrogens is 260 g/mol. The van der Waals surface area contributed by atoms with Gasteiger partial charge in [0.2, 0.25) is 0 Å². The molecule has 0 unspecified atom stereocenters. The second-order valence-corrected chi connectivity index (χ2v) is 5.22. The van der Waals surface area contributed by atoms with Crippen molar-refractivity contribution >= 4 is 11.6 Å². The Kier molecular flexibility index (Phi) is 4.38. The highest BCUT2D eigenvalue weighted by molar-refractivity contribution is 6.29. The molecule has 0 amide bonds. The molecule has 1 aromatic carbocycles. The summed E-state index contributed by atoms with van der Waals surface area (Å²) in [7, 11) is 0. The largest absolute Gasteiger partial charge is 0.487 e. The Morgan fingerprint density at radius 1 is 1.16 bits per heavy atom. The van der Waals surface area contributed by atoms with Gasteiger partial charge in [0.05, 0.1) is 0 Å². The van der Waals surface area contributed by atoms with Crippen LogP contribution in [0, 0.1) is 6.92 Å². The van der Waals surface area contributed by atoms with Crippen molar-refractivity contribution in [3.63, 3.8) is 0 Å². The number of ether oxygens (including phenoxy) is 1. The summed E-state index contributed by atoms with van der Waals surface area (Å²) in [4.78, 5) is 0. The molecule has 0 spiro atoms. The van der Waals surface area contributed by atoms with Crippen LogP contribution in [-0.4, -0.2) is 10.2 Å². The lowest BCUT2D eigenvalue weighted by molar-refractivity contribution is 0.295. The maximum absolute atomic E-state index is 5.86. The molecule has 0 bridgehead atoms. The standard InChI is InChI=1S/C15H17ClN2O/c1-10(2)13-6-4-11(3)8-14(13)19-9-12-5-7-15(16)18-17-12/h4-8,10H,9H2,1-3H3. The minimum absolute atomic E-state index is 0.391. The molecule has 1 heterocycles. The Morgan fingerprint density at radius 3 is 2.58 bits per heavy atom. The third-order valence-corrected chi connectivity index (χ3v) is 3.06. The average molecular weight is 277 g/mol. The summed E-state index contributed by atoms with van der Waals surface area (Å²) in [6.07, 6.45) is 0. The highest BCUT2D eigenvalue weighted by Gasteiger charge is 2.08. The maximum atomic E-state index is 5.86. The third-order valence-electron chi connectivity index (χ3n) is 2.85. The van der Waals surface area contributed by atoms with Crippen LogP contribution in [0.5, 0.6) is 5.75 Å². The van der Waals surface area contributed by atoms with E-state index >= 15 is 0 Å². The molecule has 2 rings (SSSR count). The summed E-state index contributed by atoms with van der Waals surface area (Å²) in [6, 6.07) is 9.80. The second-order valence-electron chi connectivity index (χ2n) is 4.83. The SMILES string of the molecule is Cc1ccc(C(C)C)c(OCc2ccc(Cl)nn2)c1. The zero-order valence-corrected chi connectivity index (χ0v) is 12.1. The van der Waals surface area contributed by atoms with E-state index in [0.717, 1.165) is 11.4 Å². The number of hydrogen-bond donors (Lipinski definition) is 0. The summed E-state index contributed by atoms with van der Waals surface area (Å²) in [5, 5.41) is 8.18. The first-order valence-electron chi connectivity index (χ1n) is 6.27. The number of aryl methyl sites for hydroxylation is 1. The zero-order chi connectivity index (χ0) is 13.8. The van der Waals surface area contributed by atoms with E-state index in [-0.39, 0.29) is 0 Å². The quantitative estimate of drug-likeness (QED) is 0.842. The highest BCUT2D eigenvalue weighted by atomic mass is 35.5. The first kappa shape index (κ1) is 13.8. The van der Waals surface area contributed by atoms with E-state index in [2.05, 4.69) is 49.2 Å². The van der Waals surface area contributed by atoms with Gasteiger partial charge in [0, 0.05) is 0 Å². The van der Waals surface area contributed by atoms with Gasteiger partial charge in [-0.2, -0.15) is 5.10 Å². The number of hydrogen-bond acceptors (Lipinski definition) is 3. The lowest BCUT2D eigenvalue weighted by Crippen LogP contribution is -2.02. The van der Waals surface area contributed by atoms with E-state index in [1.54, 1.807) is 6.07 Å². The van der Waals surface area contributed by atoms with E-state index in [9.17, 15) is 0 Å². The lowest BCUT2D eigenvalue weighted by Gasteiger charge is -2.14. The Labute approximate surface area is 118 Å². The molecule has 0 aliphatic heterocycles. The van der Waals surface area contributed by atoms with Crippen LogP contribution in [0.2, 0.25) is 5.15 Å². The Hall–Kier alpha value is -1.61. The summed E-state index contributed by atoms with van der Waals surface area (Å²) >= 11 is 5.70. The zero-order valence-electron chi connectivity index (χ0n) is 11.4. The molecule has 0 aliphatic carbocycles. The molecule has 0 atom stereocenters. The fraction of sp³-hybridized carbons (Fsp3) is 0.333. The molecule has 2 aromatic rings. The van der Waals surface area contributed by atoms with E-state index < -0.39 is 0 Å². The van der Waals surface area contributed by atoms with Crippen LogP contribution in [0.1, 0.15) is 36.6 Å². The normalized spacial score (nSPS) is 10.8. The van der Waals surface area contributed by atoms with Crippen LogP contribution in [0.3, 0.4) is 0 Å². The fourth-order valence-corrected chi connectivity index (χ4v) is 1.92. The summed E-state index contributed by atoms with van der Waals surface area (Å²) in [6.45, 7) is 6.76. The molecule has 0 saturated heterocycles. The van der Waals surface area contributed by atoms with Crippen molar-refractivity contribution in [2.75, 3.05) is 0 Å². The fourth-order valence-electron chi connectivity index (χ4n) is 1.82.